The summed E-state index contributed by atoms with van der Waals surface area (Å²) in [6, 6.07) is 4.02. The number of halogens is 1. The molecule has 1 fully saturated rings. The molecule has 1 aliphatic rings. The highest BCUT2D eigenvalue weighted by molar-refractivity contribution is 14.1. The van der Waals surface area contributed by atoms with Crippen LogP contribution in [0.3, 0.4) is 0 Å². The third-order valence-electron chi connectivity index (χ3n) is 2.50. The summed E-state index contributed by atoms with van der Waals surface area (Å²) < 4.78 is 0.581. The van der Waals surface area contributed by atoms with Gasteiger partial charge in [0.1, 0.15) is 0 Å². The highest BCUT2D eigenvalue weighted by Crippen LogP contribution is 2.26. The Labute approximate surface area is 96.7 Å². The lowest BCUT2D eigenvalue weighted by Crippen LogP contribution is -2.48. The fourth-order valence-electron chi connectivity index (χ4n) is 1.60. The fraction of sp³-hybridized carbons (Fsp3) is 0.400. The molecule has 0 aromatic carbocycles. The van der Waals surface area contributed by atoms with E-state index in [9.17, 15) is 4.79 Å². The number of rotatable bonds is 2. The van der Waals surface area contributed by atoms with Crippen molar-refractivity contribution in [3.63, 3.8) is 0 Å². The smallest absolute Gasteiger partial charge is 0.232 e. The number of hydrogen-bond acceptors (Lipinski definition) is 2. The molecule has 0 saturated carbocycles. The summed E-state index contributed by atoms with van der Waals surface area (Å²) >= 11 is 2.10. The van der Waals surface area contributed by atoms with E-state index in [0.717, 1.165) is 13.1 Å². The number of carbonyl (C=O) groups excluding carboxylic acids is 1. The van der Waals surface area contributed by atoms with Gasteiger partial charge in [-0.2, -0.15) is 0 Å². The maximum Gasteiger partial charge on any atom is 0.232 e. The van der Waals surface area contributed by atoms with E-state index in [4.69, 9.17) is 0 Å². The zero-order valence-electron chi connectivity index (χ0n) is 7.69. The molecular weight excluding hydrogens is 291 g/mol. The molecule has 0 aliphatic carbocycles. The van der Waals surface area contributed by atoms with Crippen LogP contribution in [0.25, 0.3) is 0 Å². The molecule has 2 heterocycles. The summed E-state index contributed by atoms with van der Waals surface area (Å²) in [5, 5.41) is 0. The zero-order chi connectivity index (χ0) is 9.97. The molecule has 74 valence electrons. The predicted octanol–water partition coefficient (Wildman–Crippen LogP) is 1.44. The number of hydrogen-bond donors (Lipinski definition) is 0. The lowest BCUT2D eigenvalue weighted by Gasteiger charge is -2.39. The number of likely N-dealkylation sites (tertiary alicyclic amines) is 1. The van der Waals surface area contributed by atoms with Crippen molar-refractivity contribution in [2.75, 3.05) is 17.5 Å². The Hall–Kier alpha value is -0.650. The van der Waals surface area contributed by atoms with Gasteiger partial charge in [0.05, 0.1) is 4.43 Å². The minimum atomic E-state index is 0.241. The average Bonchev–Trinajstić information content (AvgIpc) is 2.17. The van der Waals surface area contributed by atoms with Crippen LogP contribution in [0.15, 0.2) is 24.5 Å². The SMILES string of the molecule is O=C(CI)N1CC(c2cccnc2)C1. The van der Waals surface area contributed by atoms with Crippen LogP contribution >= 0.6 is 22.6 Å². The normalized spacial score (nSPS) is 16.5. The van der Waals surface area contributed by atoms with E-state index >= 15 is 0 Å². The van der Waals surface area contributed by atoms with Crippen LogP contribution in [0.2, 0.25) is 0 Å². The van der Waals surface area contributed by atoms with E-state index in [2.05, 4.69) is 33.6 Å². The Bertz CT molecular complexity index is 322. The summed E-state index contributed by atoms with van der Waals surface area (Å²) in [7, 11) is 0. The van der Waals surface area contributed by atoms with Gasteiger partial charge >= 0.3 is 0 Å². The van der Waals surface area contributed by atoms with E-state index in [0.29, 0.717) is 10.3 Å². The predicted molar refractivity (Wildman–Crippen MR) is 62.4 cm³/mol. The third-order valence-corrected chi connectivity index (χ3v) is 3.16. The summed E-state index contributed by atoms with van der Waals surface area (Å²) in [4.78, 5) is 17.2. The Kier molecular flexibility index (Phi) is 3.00. The first-order valence-electron chi connectivity index (χ1n) is 4.55. The van der Waals surface area contributed by atoms with Crippen molar-refractivity contribution < 1.29 is 4.79 Å². The van der Waals surface area contributed by atoms with Crippen LogP contribution in [-0.4, -0.2) is 33.3 Å². The highest BCUT2D eigenvalue weighted by atomic mass is 127. The summed E-state index contributed by atoms with van der Waals surface area (Å²) in [6.45, 7) is 1.71. The third kappa shape index (κ3) is 1.89. The van der Waals surface area contributed by atoms with Crippen molar-refractivity contribution in [1.82, 2.24) is 9.88 Å². The maximum absolute atomic E-state index is 11.3. The first-order valence-corrected chi connectivity index (χ1v) is 6.07. The van der Waals surface area contributed by atoms with Gasteiger partial charge in [-0.25, -0.2) is 0 Å². The zero-order valence-corrected chi connectivity index (χ0v) is 9.85. The summed E-state index contributed by atoms with van der Waals surface area (Å²) in [5.41, 5.74) is 1.24. The molecule has 3 nitrogen and oxygen atoms in total. The van der Waals surface area contributed by atoms with Gasteiger partial charge < -0.3 is 4.90 Å². The van der Waals surface area contributed by atoms with Gasteiger partial charge in [0.15, 0.2) is 0 Å². The molecule has 1 aliphatic heterocycles. The van der Waals surface area contributed by atoms with Crippen molar-refractivity contribution in [2.24, 2.45) is 0 Å². The standard InChI is InChI=1S/C10H11IN2O/c11-4-10(14)13-6-9(7-13)8-2-1-3-12-5-8/h1-3,5,9H,4,6-7H2. The molecule has 0 N–H and O–H groups in total. The molecule has 1 amide bonds. The van der Waals surface area contributed by atoms with Gasteiger partial charge in [-0.15, -0.1) is 0 Å². The van der Waals surface area contributed by atoms with Gasteiger partial charge in [0.2, 0.25) is 5.91 Å². The Morgan fingerprint density at radius 3 is 3.00 bits per heavy atom. The monoisotopic (exact) mass is 302 g/mol. The molecule has 0 unspecified atom stereocenters. The lowest BCUT2D eigenvalue weighted by molar-refractivity contribution is -0.132. The molecule has 0 radical (unpaired) electrons. The molecule has 4 heteroatoms. The number of nitrogens with zero attached hydrogens (tertiary/aromatic N) is 2. The quantitative estimate of drug-likeness (QED) is 0.612. The molecule has 2 rings (SSSR count). The number of alkyl halides is 1. The Morgan fingerprint density at radius 1 is 1.64 bits per heavy atom. The first-order chi connectivity index (χ1) is 6.81. The molecule has 1 saturated heterocycles. The second-order valence-corrected chi connectivity index (χ2v) is 4.18. The van der Waals surface area contributed by atoms with E-state index in [1.165, 1.54) is 5.56 Å². The second-order valence-electron chi connectivity index (χ2n) is 3.42. The fourth-order valence-corrected chi connectivity index (χ4v) is 2.08. The molecule has 1 aromatic rings. The first kappa shape index (κ1) is 9.89. The number of carbonyl (C=O) groups is 1. The van der Waals surface area contributed by atoms with Crippen molar-refractivity contribution in [2.45, 2.75) is 5.92 Å². The van der Waals surface area contributed by atoms with Crippen molar-refractivity contribution >= 4 is 28.5 Å². The minimum Gasteiger partial charge on any atom is -0.341 e. The van der Waals surface area contributed by atoms with Crippen LogP contribution in [-0.2, 0) is 4.79 Å². The number of amides is 1. The minimum absolute atomic E-state index is 0.241. The van der Waals surface area contributed by atoms with Gasteiger partial charge in [-0.1, -0.05) is 28.7 Å². The van der Waals surface area contributed by atoms with Gasteiger partial charge in [0.25, 0.3) is 0 Å². The van der Waals surface area contributed by atoms with Gasteiger partial charge in [-0.3, -0.25) is 9.78 Å². The van der Waals surface area contributed by atoms with Crippen LogP contribution in [0, 0.1) is 0 Å². The molecule has 0 bridgehead atoms. The molecule has 1 aromatic heterocycles. The molecule has 0 atom stereocenters. The van der Waals surface area contributed by atoms with E-state index in [-0.39, 0.29) is 5.91 Å². The van der Waals surface area contributed by atoms with E-state index in [1.54, 1.807) is 6.20 Å². The van der Waals surface area contributed by atoms with E-state index in [1.807, 2.05) is 17.2 Å². The van der Waals surface area contributed by atoms with Crippen molar-refractivity contribution in [3.8, 4) is 0 Å². The number of aromatic nitrogens is 1. The molecular formula is C10H11IN2O. The van der Waals surface area contributed by atoms with Crippen molar-refractivity contribution in [1.29, 1.82) is 0 Å². The second kappa shape index (κ2) is 4.25. The molecule has 0 spiro atoms. The average molecular weight is 302 g/mol. The van der Waals surface area contributed by atoms with Gasteiger partial charge in [-0.05, 0) is 11.6 Å². The van der Waals surface area contributed by atoms with Crippen LogP contribution in [0.4, 0.5) is 0 Å². The Morgan fingerprint density at radius 2 is 2.43 bits per heavy atom. The van der Waals surface area contributed by atoms with Crippen LogP contribution in [0.1, 0.15) is 11.5 Å². The van der Waals surface area contributed by atoms with Crippen molar-refractivity contribution in [3.05, 3.63) is 30.1 Å². The van der Waals surface area contributed by atoms with Crippen LogP contribution < -0.4 is 0 Å². The van der Waals surface area contributed by atoms with Gasteiger partial charge in [0, 0.05) is 31.4 Å². The topological polar surface area (TPSA) is 33.2 Å². The maximum atomic E-state index is 11.3. The number of pyridine rings is 1. The lowest BCUT2D eigenvalue weighted by atomic mass is 9.93. The van der Waals surface area contributed by atoms with Crippen LogP contribution in [0.5, 0.6) is 0 Å². The summed E-state index contributed by atoms with van der Waals surface area (Å²) in [6.07, 6.45) is 3.66. The van der Waals surface area contributed by atoms with E-state index < -0.39 is 0 Å². The molecule has 14 heavy (non-hydrogen) atoms. The largest absolute Gasteiger partial charge is 0.341 e. The Balaban J connectivity index is 1.92. The highest BCUT2D eigenvalue weighted by Gasteiger charge is 2.30. The summed E-state index contributed by atoms with van der Waals surface area (Å²) in [5.74, 6) is 0.737.